The van der Waals surface area contributed by atoms with Crippen LogP contribution >= 0.6 is 0 Å². The molecule has 332 valence electrons. The van der Waals surface area contributed by atoms with E-state index in [2.05, 4.69) is 93.8 Å². The molecule has 0 saturated heterocycles. The van der Waals surface area contributed by atoms with Crippen molar-refractivity contribution in [3.8, 4) is 0 Å². The van der Waals surface area contributed by atoms with E-state index in [1.54, 1.807) is 0 Å². The van der Waals surface area contributed by atoms with Crippen molar-refractivity contribution in [1.82, 2.24) is 10.6 Å². The van der Waals surface area contributed by atoms with Gasteiger partial charge in [0.1, 0.15) is 6.29 Å². The number of hydrogen-bond donors (Lipinski definition) is 3. The zero-order chi connectivity index (χ0) is 42.3. The van der Waals surface area contributed by atoms with Gasteiger partial charge in [-0.15, -0.1) is 0 Å². The van der Waals surface area contributed by atoms with Gasteiger partial charge in [-0.05, 0) is 103 Å². The second-order valence-corrected chi connectivity index (χ2v) is 16.8. The van der Waals surface area contributed by atoms with E-state index < -0.39 is 0 Å². The molecule has 0 radical (unpaired) electrons. The third-order valence-corrected chi connectivity index (χ3v) is 10.5. The Hall–Kier alpha value is -2.24. The number of rotatable bonds is 37. The van der Waals surface area contributed by atoms with Crippen LogP contribution < -0.4 is 10.6 Å². The third-order valence-electron chi connectivity index (χ3n) is 10.5. The van der Waals surface area contributed by atoms with E-state index in [-0.39, 0.29) is 18.6 Å². The first-order valence-corrected chi connectivity index (χ1v) is 24.2. The molecule has 57 heavy (non-hydrogen) atoms. The summed E-state index contributed by atoms with van der Waals surface area (Å²) in [6, 6.07) is 11.0. The van der Waals surface area contributed by atoms with Crippen molar-refractivity contribution in [3.05, 3.63) is 60.2 Å². The SMILES string of the molecule is CCCCCCCC/C=C\CCCCCCCC(=O)N[C@@H](CO)CC(C)C.CCCCCCCC/C=C\CCCCCCCC=O.CN[C@H](C)Cc1ccccc1. The molecule has 1 aromatic rings. The fourth-order valence-corrected chi connectivity index (χ4v) is 6.77. The fourth-order valence-electron chi connectivity index (χ4n) is 6.77. The van der Waals surface area contributed by atoms with Gasteiger partial charge < -0.3 is 20.5 Å². The zero-order valence-electron chi connectivity index (χ0n) is 38.7. The topological polar surface area (TPSA) is 78.4 Å². The highest BCUT2D eigenvalue weighted by Crippen LogP contribution is 2.12. The summed E-state index contributed by atoms with van der Waals surface area (Å²) < 4.78 is 0. The normalized spacial score (nSPS) is 12.3. The third kappa shape index (κ3) is 48.0. The van der Waals surface area contributed by atoms with Gasteiger partial charge in [-0.25, -0.2) is 0 Å². The van der Waals surface area contributed by atoms with Crippen LogP contribution in [0.25, 0.3) is 0 Å². The monoisotopic (exact) mass is 797 g/mol. The minimum atomic E-state index is -0.0828. The van der Waals surface area contributed by atoms with Gasteiger partial charge in [0.25, 0.3) is 0 Å². The number of nitrogens with one attached hydrogen (secondary N) is 2. The smallest absolute Gasteiger partial charge is 0.220 e. The Kier molecular flexibility index (Phi) is 48.0. The van der Waals surface area contributed by atoms with Gasteiger partial charge in [0.2, 0.25) is 5.91 Å². The second kappa shape index (κ2) is 48.1. The van der Waals surface area contributed by atoms with E-state index in [1.165, 1.54) is 153 Å². The molecule has 0 aliphatic heterocycles. The van der Waals surface area contributed by atoms with Crippen molar-refractivity contribution in [3.63, 3.8) is 0 Å². The molecule has 1 rings (SSSR count). The molecular formula is C52H96N2O3. The average Bonchev–Trinajstić information content (AvgIpc) is 3.21. The molecular weight excluding hydrogens is 701 g/mol. The number of amides is 1. The fraction of sp³-hybridized carbons (Fsp3) is 0.769. The molecule has 0 bridgehead atoms. The van der Waals surface area contributed by atoms with Crippen LogP contribution in [0.15, 0.2) is 54.6 Å². The molecule has 0 unspecified atom stereocenters. The van der Waals surface area contributed by atoms with Crippen LogP contribution in [0.3, 0.4) is 0 Å². The van der Waals surface area contributed by atoms with Crippen molar-refractivity contribution in [2.24, 2.45) is 5.92 Å². The first kappa shape index (κ1) is 56.9. The zero-order valence-corrected chi connectivity index (χ0v) is 38.7. The molecule has 5 heteroatoms. The number of benzene rings is 1. The molecule has 1 aromatic carbocycles. The van der Waals surface area contributed by atoms with Crippen LogP contribution in [-0.4, -0.2) is 43.0 Å². The molecule has 0 heterocycles. The Balaban J connectivity index is 0. The van der Waals surface area contributed by atoms with Gasteiger partial charge in [0.15, 0.2) is 0 Å². The highest BCUT2D eigenvalue weighted by molar-refractivity contribution is 5.76. The summed E-state index contributed by atoms with van der Waals surface area (Å²) in [6.07, 6.45) is 47.4. The van der Waals surface area contributed by atoms with Crippen molar-refractivity contribution in [2.75, 3.05) is 13.7 Å². The lowest BCUT2D eigenvalue weighted by molar-refractivity contribution is -0.122. The van der Waals surface area contributed by atoms with Crippen LogP contribution in [0, 0.1) is 5.92 Å². The van der Waals surface area contributed by atoms with Gasteiger partial charge in [-0.1, -0.05) is 185 Å². The molecule has 0 aromatic heterocycles. The summed E-state index contributed by atoms with van der Waals surface area (Å²) in [5, 5.41) is 15.5. The van der Waals surface area contributed by atoms with Gasteiger partial charge in [-0.2, -0.15) is 0 Å². The Morgan fingerprint density at radius 3 is 1.39 bits per heavy atom. The molecule has 1 amide bonds. The first-order valence-electron chi connectivity index (χ1n) is 24.2. The lowest BCUT2D eigenvalue weighted by Crippen LogP contribution is -2.38. The maximum atomic E-state index is 11.9. The Labute approximate surface area is 355 Å². The van der Waals surface area contributed by atoms with Crippen LogP contribution in [0.2, 0.25) is 0 Å². The summed E-state index contributed by atoms with van der Waals surface area (Å²) in [5.74, 6) is 0.578. The minimum absolute atomic E-state index is 0.0380. The lowest BCUT2D eigenvalue weighted by Gasteiger charge is -2.18. The number of aliphatic hydroxyl groups is 1. The molecule has 0 aliphatic rings. The van der Waals surface area contributed by atoms with Gasteiger partial charge >= 0.3 is 0 Å². The van der Waals surface area contributed by atoms with E-state index in [0.717, 1.165) is 44.8 Å². The predicted octanol–water partition coefficient (Wildman–Crippen LogP) is 14.6. The van der Waals surface area contributed by atoms with Gasteiger partial charge in [-0.3, -0.25) is 4.79 Å². The van der Waals surface area contributed by atoms with Crippen LogP contribution in [0.5, 0.6) is 0 Å². The molecule has 0 fully saturated rings. The number of unbranched alkanes of at least 4 members (excludes halogenated alkanes) is 23. The number of likely N-dealkylation sites (N-methyl/N-ethyl adjacent to an activating group) is 1. The quantitative estimate of drug-likeness (QED) is 0.0356. The standard InChI is InChI=1S/C24H47NO2.C18H34O.C10H15N/c1-4-5-6-7-8-9-10-11-12-13-14-15-16-17-18-19-24(27)25-23(21-26)20-22(2)3;1-2-3-4-5-6-7-8-9-10-11-12-13-14-15-16-17-18-19;1-9(11-2)8-10-6-4-3-5-7-10/h11-12,22-23,26H,4-10,13-21H2,1-3H3,(H,25,27);9-10,18H,2-8,11-17H2,1H3;3-7,9,11H,8H2,1-2H3/b12-11-;10-9-;/t23-;;9-/m1.1/s1. The van der Waals surface area contributed by atoms with E-state index in [0.29, 0.717) is 18.4 Å². The number of allylic oxidation sites excluding steroid dienone is 4. The Morgan fingerprint density at radius 2 is 1.00 bits per heavy atom. The molecule has 5 nitrogen and oxygen atoms in total. The highest BCUT2D eigenvalue weighted by Gasteiger charge is 2.12. The molecule has 0 aliphatic carbocycles. The lowest BCUT2D eigenvalue weighted by atomic mass is 10.0. The number of carbonyl (C=O) groups excluding carboxylic acids is 2. The maximum Gasteiger partial charge on any atom is 0.220 e. The maximum absolute atomic E-state index is 11.9. The number of carbonyl (C=O) groups is 2. The van der Waals surface area contributed by atoms with Crippen molar-refractivity contribution in [2.45, 2.75) is 239 Å². The summed E-state index contributed by atoms with van der Waals surface area (Å²) in [4.78, 5) is 22.0. The summed E-state index contributed by atoms with van der Waals surface area (Å²) >= 11 is 0. The molecule has 0 spiro atoms. The number of hydrogen-bond acceptors (Lipinski definition) is 4. The van der Waals surface area contributed by atoms with E-state index in [9.17, 15) is 14.7 Å². The number of aldehydes is 1. The van der Waals surface area contributed by atoms with Crippen molar-refractivity contribution in [1.29, 1.82) is 0 Å². The first-order chi connectivity index (χ1) is 27.8. The van der Waals surface area contributed by atoms with Crippen molar-refractivity contribution < 1.29 is 14.7 Å². The van der Waals surface area contributed by atoms with Crippen LogP contribution in [0.4, 0.5) is 0 Å². The van der Waals surface area contributed by atoms with Crippen LogP contribution in [-0.2, 0) is 16.0 Å². The molecule has 3 N–H and O–H groups in total. The highest BCUT2D eigenvalue weighted by atomic mass is 16.3. The Morgan fingerprint density at radius 1 is 0.596 bits per heavy atom. The van der Waals surface area contributed by atoms with E-state index >= 15 is 0 Å². The van der Waals surface area contributed by atoms with E-state index in [4.69, 9.17) is 0 Å². The minimum Gasteiger partial charge on any atom is -0.394 e. The molecule has 0 saturated carbocycles. The second-order valence-electron chi connectivity index (χ2n) is 16.8. The van der Waals surface area contributed by atoms with E-state index in [1.807, 2.05) is 13.1 Å². The predicted molar refractivity (Wildman–Crippen MR) is 252 cm³/mol. The van der Waals surface area contributed by atoms with Crippen molar-refractivity contribution >= 4 is 12.2 Å². The summed E-state index contributed by atoms with van der Waals surface area (Å²) in [6.45, 7) is 11.0. The van der Waals surface area contributed by atoms with Gasteiger partial charge in [0.05, 0.1) is 12.6 Å². The number of aliphatic hydroxyl groups excluding tert-OH is 1. The Bertz CT molecular complexity index is 992. The molecule has 2 atom stereocenters. The largest absolute Gasteiger partial charge is 0.394 e. The average molecular weight is 797 g/mol. The summed E-state index contributed by atoms with van der Waals surface area (Å²) in [5.41, 5.74) is 1.40. The summed E-state index contributed by atoms with van der Waals surface area (Å²) in [7, 11) is 1.99. The van der Waals surface area contributed by atoms with Crippen LogP contribution in [0.1, 0.15) is 226 Å². The van der Waals surface area contributed by atoms with Gasteiger partial charge in [0, 0.05) is 18.9 Å².